The SMILES string of the molecule is Cc1ccc([C@H]2CC[C@@H](C(=O)OCc3ccccc3)N2C(=O)[C@@H](NC(=O)[C@H](C)N(C)C(=O)OC(C)(C)C)C2CCCCC2)o1. The average molecular weight is 610 g/mol. The number of hydrogen-bond donors (Lipinski definition) is 1. The lowest BCUT2D eigenvalue weighted by atomic mass is 9.83. The van der Waals surface area contributed by atoms with Crippen LogP contribution in [0.1, 0.15) is 95.8 Å². The molecule has 0 bridgehead atoms. The molecular formula is C34H47N3O7. The number of likely N-dealkylation sites (tertiary alicyclic amines) is 1. The second kappa shape index (κ2) is 14.3. The fourth-order valence-electron chi connectivity index (χ4n) is 6.04. The van der Waals surface area contributed by atoms with Crippen molar-refractivity contribution in [3.05, 3.63) is 59.5 Å². The summed E-state index contributed by atoms with van der Waals surface area (Å²) in [5.74, 6) is -0.0928. The van der Waals surface area contributed by atoms with Crippen LogP contribution in [-0.2, 0) is 30.5 Å². The van der Waals surface area contributed by atoms with E-state index in [9.17, 15) is 19.2 Å². The van der Waals surface area contributed by atoms with Gasteiger partial charge in [0.1, 0.15) is 41.9 Å². The number of carbonyl (C=O) groups is 4. The Hall–Kier alpha value is -3.82. The third-order valence-electron chi connectivity index (χ3n) is 8.55. The molecule has 1 saturated heterocycles. The van der Waals surface area contributed by atoms with Crippen molar-refractivity contribution in [3.63, 3.8) is 0 Å². The Morgan fingerprint density at radius 1 is 1.00 bits per heavy atom. The van der Waals surface area contributed by atoms with Gasteiger partial charge in [0, 0.05) is 7.05 Å². The van der Waals surface area contributed by atoms with Gasteiger partial charge in [-0.15, -0.1) is 0 Å². The molecule has 1 aliphatic carbocycles. The maximum absolute atomic E-state index is 14.6. The van der Waals surface area contributed by atoms with Crippen LogP contribution >= 0.6 is 0 Å². The summed E-state index contributed by atoms with van der Waals surface area (Å²) < 4.78 is 17.1. The zero-order chi connectivity index (χ0) is 32.0. The Morgan fingerprint density at radius 2 is 1.68 bits per heavy atom. The summed E-state index contributed by atoms with van der Waals surface area (Å²) in [6.07, 6.45) is 4.80. The lowest BCUT2D eigenvalue weighted by Gasteiger charge is -2.37. The van der Waals surface area contributed by atoms with Gasteiger partial charge in [-0.2, -0.15) is 0 Å². The Morgan fingerprint density at radius 3 is 2.30 bits per heavy atom. The van der Waals surface area contributed by atoms with Gasteiger partial charge in [-0.1, -0.05) is 49.6 Å². The van der Waals surface area contributed by atoms with Crippen molar-refractivity contribution in [3.8, 4) is 0 Å². The molecule has 1 aliphatic heterocycles. The van der Waals surface area contributed by atoms with Crippen molar-refractivity contribution in [1.82, 2.24) is 15.1 Å². The monoisotopic (exact) mass is 609 g/mol. The van der Waals surface area contributed by atoms with Crippen LogP contribution in [0.25, 0.3) is 0 Å². The number of nitrogens with one attached hydrogen (secondary N) is 1. The summed E-state index contributed by atoms with van der Waals surface area (Å²) in [7, 11) is 1.50. The van der Waals surface area contributed by atoms with Gasteiger partial charge in [0.15, 0.2) is 0 Å². The highest BCUT2D eigenvalue weighted by molar-refractivity contribution is 5.93. The van der Waals surface area contributed by atoms with Crippen LogP contribution < -0.4 is 5.32 Å². The molecule has 0 unspecified atom stereocenters. The van der Waals surface area contributed by atoms with Gasteiger partial charge in [0.2, 0.25) is 11.8 Å². The molecule has 1 aromatic heterocycles. The molecule has 44 heavy (non-hydrogen) atoms. The topological polar surface area (TPSA) is 118 Å². The predicted molar refractivity (Wildman–Crippen MR) is 164 cm³/mol. The first kappa shape index (κ1) is 33.1. The lowest BCUT2D eigenvalue weighted by Crippen LogP contribution is -2.58. The first-order chi connectivity index (χ1) is 20.9. The number of furan rings is 1. The van der Waals surface area contributed by atoms with E-state index in [2.05, 4.69) is 5.32 Å². The van der Waals surface area contributed by atoms with Gasteiger partial charge in [-0.3, -0.25) is 14.5 Å². The van der Waals surface area contributed by atoms with E-state index in [1.807, 2.05) is 49.4 Å². The summed E-state index contributed by atoms with van der Waals surface area (Å²) in [5, 5.41) is 2.99. The molecule has 3 amide bonds. The van der Waals surface area contributed by atoms with Crippen LogP contribution in [-0.4, -0.2) is 64.5 Å². The second-order valence-electron chi connectivity index (χ2n) is 13.0. The predicted octanol–water partition coefficient (Wildman–Crippen LogP) is 5.68. The summed E-state index contributed by atoms with van der Waals surface area (Å²) in [6, 6.07) is 10.0. The van der Waals surface area contributed by atoms with Gasteiger partial charge in [0.05, 0.1) is 6.04 Å². The van der Waals surface area contributed by atoms with E-state index in [0.29, 0.717) is 24.4 Å². The standard InChI is InChI=1S/C34H47N3O7/c1-22-17-20-28(43-22)26-18-19-27(32(40)42-21-24-13-9-7-10-14-24)37(26)31(39)29(25-15-11-8-12-16-25)35-30(38)23(2)36(6)33(41)44-34(3,4)5/h7,9-10,13-14,17,20,23,25-27,29H,8,11-12,15-16,18-19,21H2,1-6H3,(H,35,38)/t23-,26+,27-,29-/m0/s1. The van der Waals surface area contributed by atoms with Gasteiger partial charge in [-0.25, -0.2) is 9.59 Å². The number of benzene rings is 1. The summed E-state index contributed by atoms with van der Waals surface area (Å²) in [5.41, 5.74) is 0.131. The van der Waals surface area contributed by atoms with Crippen molar-refractivity contribution < 1.29 is 33.1 Å². The minimum atomic E-state index is -0.891. The fraction of sp³-hybridized carbons (Fsp3) is 0.588. The van der Waals surface area contributed by atoms with Crippen LogP contribution in [0.15, 0.2) is 46.9 Å². The normalized spacial score (nSPS) is 20.5. The molecule has 1 aromatic carbocycles. The third kappa shape index (κ3) is 8.21. The Kier molecular flexibility index (Phi) is 10.8. The highest BCUT2D eigenvalue weighted by Crippen LogP contribution is 2.39. The molecule has 0 radical (unpaired) electrons. The minimum absolute atomic E-state index is 0.0973. The van der Waals surface area contributed by atoms with E-state index < -0.39 is 47.7 Å². The van der Waals surface area contributed by atoms with E-state index in [1.165, 1.54) is 11.9 Å². The molecule has 4 rings (SSSR count). The van der Waals surface area contributed by atoms with Crippen LogP contribution in [0.3, 0.4) is 0 Å². The van der Waals surface area contributed by atoms with Crippen molar-refractivity contribution in [2.24, 2.45) is 5.92 Å². The third-order valence-corrected chi connectivity index (χ3v) is 8.55. The maximum Gasteiger partial charge on any atom is 0.410 e. The van der Waals surface area contributed by atoms with E-state index in [1.54, 1.807) is 32.6 Å². The lowest BCUT2D eigenvalue weighted by molar-refractivity contribution is -0.157. The number of esters is 1. The number of amides is 3. The average Bonchev–Trinajstić information content (AvgIpc) is 3.64. The molecule has 240 valence electrons. The smallest absolute Gasteiger partial charge is 0.410 e. The highest BCUT2D eigenvalue weighted by Gasteiger charge is 2.47. The molecule has 4 atom stereocenters. The van der Waals surface area contributed by atoms with Gasteiger partial charge < -0.3 is 24.1 Å². The molecule has 1 saturated carbocycles. The van der Waals surface area contributed by atoms with Crippen molar-refractivity contribution in [1.29, 1.82) is 0 Å². The number of nitrogens with zero attached hydrogens (tertiary/aromatic N) is 2. The van der Waals surface area contributed by atoms with Crippen LogP contribution in [0, 0.1) is 12.8 Å². The number of rotatable bonds is 9. The van der Waals surface area contributed by atoms with Gasteiger partial charge >= 0.3 is 12.1 Å². The van der Waals surface area contributed by atoms with E-state index in [4.69, 9.17) is 13.9 Å². The van der Waals surface area contributed by atoms with Crippen molar-refractivity contribution in [2.75, 3.05) is 7.05 Å². The van der Waals surface area contributed by atoms with Crippen molar-refractivity contribution in [2.45, 2.75) is 116 Å². The van der Waals surface area contributed by atoms with Crippen molar-refractivity contribution >= 4 is 23.9 Å². The first-order valence-corrected chi connectivity index (χ1v) is 15.7. The summed E-state index contributed by atoms with van der Waals surface area (Å²) in [4.78, 5) is 57.3. The number of carbonyl (C=O) groups excluding carboxylic acids is 4. The van der Waals surface area contributed by atoms with E-state index in [0.717, 1.165) is 37.7 Å². The molecule has 2 fully saturated rings. The van der Waals surface area contributed by atoms with Crippen LogP contribution in [0.5, 0.6) is 0 Å². The maximum atomic E-state index is 14.6. The molecule has 1 N–H and O–H groups in total. The fourth-order valence-corrected chi connectivity index (χ4v) is 6.04. The molecule has 2 aliphatic rings. The number of ether oxygens (including phenoxy) is 2. The molecule has 2 aromatic rings. The van der Waals surface area contributed by atoms with E-state index in [-0.39, 0.29) is 18.4 Å². The zero-order valence-electron chi connectivity index (χ0n) is 26.8. The number of aryl methyl sites for hydroxylation is 1. The van der Waals surface area contributed by atoms with Crippen LogP contribution in [0.2, 0.25) is 0 Å². The summed E-state index contributed by atoms with van der Waals surface area (Å²) in [6.45, 7) is 8.82. The minimum Gasteiger partial charge on any atom is -0.464 e. The number of likely N-dealkylation sites (N-methyl/N-ethyl adjacent to an activating group) is 1. The molecule has 2 heterocycles. The van der Waals surface area contributed by atoms with Crippen LogP contribution in [0.4, 0.5) is 4.79 Å². The van der Waals surface area contributed by atoms with Gasteiger partial charge in [-0.05, 0) is 83.9 Å². The molecular weight excluding hydrogens is 562 g/mol. The Balaban J connectivity index is 1.59. The zero-order valence-corrected chi connectivity index (χ0v) is 26.8. The number of hydrogen-bond acceptors (Lipinski definition) is 7. The highest BCUT2D eigenvalue weighted by atomic mass is 16.6. The quantitative estimate of drug-likeness (QED) is 0.363. The molecule has 10 nitrogen and oxygen atoms in total. The van der Waals surface area contributed by atoms with Gasteiger partial charge in [0.25, 0.3) is 0 Å². The largest absolute Gasteiger partial charge is 0.464 e. The first-order valence-electron chi connectivity index (χ1n) is 15.7. The molecule has 10 heteroatoms. The Labute approximate surface area is 260 Å². The Bertz CT molecular complexity index is 1300. The summed E-state index contributed by atoms with van der Waals surface area (Å²) >= 11 is 0. The molecule has 0 spiro atoms. The van der Waals surface area contributed by atoms with E-state index >= 15 is 0 Å². The second-order valence-corrected chi connectivity index (χ2v) is 13.0.